The van der Waals surface area contributed by atoms with E-state index in [0.29, 0.717) is 12.3 Å². The first kappa shape index (κ1) is 22.1. The number of piperazine rings is 1. The number of carbonyl (C=O) groups is 1. The molecule has 1 aromatic carbocycles. The third-order valence-corrected chi connectivity index (χ3v) is 7.02. The Morgan fingerprint density at radius 3 is 2.39 bits per heavy atom. The molecule has 0 atom stereocenters. The summed E-state index contributed by atoms with van der Waals surface area (Å²) in [6.07, 6.45) is 7.85. The van der Waals surface area contributed by atoms with Gasteiger partial charge in [-0.3, -0.25) is 4.79 Å². The van der Waals surface area contributed by atoms with Gasteiger partial charge in [-0.15, -0.1) is 0 Å². The Kier molecular flexibility index (Phi) is 7.11. The van der Waals surface area contributed by atoms with Crippen molar-refractivity contribution in [3.8, 4) is 0 Å². The zero-order valence-electron chi connectivity index (χ0n) is 18.7. The van der Waals surface area contributed by atoms with Crippen molar-refractivity contribution in [3.05, 3.63) is 51.9 Å². The molecular formula is C25H33ClN4O. The minimum absolute atomic E-state index is 0.322. The van der Waals surface area contributed by atoms with Crippen molar-refractivity contribution in [3.63, 3.8) is 0 Å². The highest BCUT2D eigenvalue weighted by Gasteiger charge is 2.25. The number of amides is 1. The molecule has 1 aromatic heterocycles. The van der Waals surface area contributed by atoms with Crippen LogP contribution in [-0.4, -0.2) is 47.0 Å². The highest BCUT2D eigenvalue weighted by molar-refractivity contribution is 6.30. The number of hydrogen-bond donors (Lipinski definition) is 0. The molecule has 31 heavy (non-hydrogen) atoms. The number of nitrogens with zero attached hydrogens (tertiary/aromatic N) is 4. The number of carbonyl (C=O) groups excluding carboxylic acids is 1. The maximum absolute atomic E-state index is 12.7. The van der Waals surface area contributed by atoms with E-state index >= 15 is 0 Å². The minimum atomic E-state index is 0.322. The summed E-state index contributed by atoms with van der Waals surface area (Å²) in [6.45, 7) is 7.19. The number of halogens is 1. The van der Waals surface area contributed by atoms with Crippen LogP contribution in [0.15, 0.2) is 24.3 Å². The summed E-state index contributed by atoms with van der Waals surface area (Å²) in [7, 11) is 0. The summed E-state index contributed by atoms with van der Waals surface area (Å²) in [5, 5.41) is 0.745. The summed E-state index contributed by atoms with van der Waals surface area (Å²) in [5.41, 5.74) is 3.38. The Hall–Kier alpha value is -2.14. The predicted molar refractivity (Wildman–Crippen MR) is 126 cm³/mol. The molecule has 1 saturated heterocycles. The van der Waals surface area contributed by atoms with Gasteiger partial charge in [-0.25, -0.2) is 9.97 Å². The normalized spacial score (nSPS) is 17.4. The van der Waals surface area contributed by atoms with Gasteiger partial charge in [0.15, 0.2) is 0 Å². The van der Waals surface area contributed by atoms with Crippen molar-refractivity contribution >= 4 is 23.3 Å². The van der Waals surface area contributed by atoms with E-state index in [0.717, 1.165) is 72.9 Å². The van der Waals surface area contributed by atoms with Crippen molar-refractivity contribution in [2.24, 2.45) is 5.92 Å². The maximum Gasteiger partial charge on any atom is 0.222 e. The van der Waals surface area contributed by atoms with Gasteiger partial charge >= 0.3 is 0 Å². The highest BCUT2D eigenvalue weighted by atomic mass is 35.5. The molecule has 5 nitrogen and oxygen atoms in total. The molecule has 0 N–H and O–H groups in total. The Balaban J connectivity index is 1.41. The summed E-state index contributed by atoms with van der Waals surface area (Å²) in [6, 6.07) is 7.98. The molecule has 0 radical (unpaired) electrons. The van der Waals surface area contributed by atoms with Crippen LogP contribution >= 0.6 is 11.6 Å². The maximum atomic E-state index is 12.7. The summed E-state index contributed by atoms with van der Waals surface area (Å²) < 4.78 is 0. The Labute approximate surface area is 190 Å². The number of anilines is 1. The quantitative estimate of drug-likeness (QED) is 0.637. The molecule has 0 unspecified atom stereocenters. The molecule has 2 fully saturated rings. The van der Waals surface area contributed by atoms with E-state index in [1.165, 1.54) is 31.2 Å². The molecule has 2 heterocycles. The van der Waals surface area contributed by atoms with E-state index in [4.69, 9.17) is 16.6 Å². The fourth-order valence-corrected chi connectivity index (χ4v) is 5.07. The van der Waals surface area contributed by atoms with Crippen LogP contribution in [-0.2, 0) is 11.2 Å². The molecule has 2 aliphatic rings. The van der Waals surface area contributed by atoms with Crippen molar-refractivity contribution in [1.29, 1.82) is 0 Å². The number of rotatable bonds is 6. The topological polar surface area (TPSA) is 49.3 Å². The zero-order chi connectivity index (χ0) is 21.8. The van der Waals surface area contributed by atoms with E-state index in [2.05, 4.69) is 28.9 Å². The van der Waals surface area contributed by atoms with Crippen molar-refractivity contribution in [1.82, 2.24) is 14.9 Å². The minimum Gasteiger partial charge on any atom is -0.353 e. The monoisotopic (exact) mass is 440 g/mol. The molecule has 1 amide bonds. The van der Waals surface area contributed by atoms with Crippen molar-refractivity contribution in [2.45, 2.75) is 58.8 Å². The standard InChI is InChI=1S/C25H33ClN4O/c1-18-23(17-21-7-10-22(26)11-8-21)25(28-19(2)27-18)30-15-13-29(14-16-30)24(31)12-9-20-5-3-4-6-20/h7-8,10-11,20H,3-6,9,12-17H2,1-2H3. The fraction of sp³-hybridized carbons (Fsp3) is 0.560. The van der Waals surface area contributed by atoms with Gasteiger partial charge in [0, 0.05) is 55.3 Å². The van der Waals surface area contributed by atoms with Crippen LogP contribution in [0.2, 0.25) is 5.02 Å². The molecular weight excluding hydrogens is 408 g/mol. The van der Waals surface area contributed by atoms with Crippen LogP contribution in [0.5, 0.6) is 0 Å². The molecule has 1 saturated carbocycles. The van der Waals surface area contributed by atoms with E-state index in [1.807, 2.05) is 24.0 Å². The largest absolute Gasteiger partial charge is 0.353 e. The molecule has 0 spiro atoms. The van der Waals surface area contributed by atoms with Gasteiger partial charge in [-0.2, -0.15) is 0 Å². The average Bonchev–Trinajstić information content (AvgIpc) is 3.29. The van der Waals surface area contributed by atoms with E-state index < -0.39 is 0 Å². The van der Waals surface area contributed by atoms with Gasteiger partial charge in [0.05, 0.1) is 0 Å². The van der Waals surface area contributed by atoms with E-state index in [9.17, 15) is 4.79 Å². The van der Waals surface area contributed by atoms with Crippen LogP contribution in [0.3, 0.4) is 0 Å². The first-order chi connectivity index (χ1) is 15.0. The van der Waals surface area contributed by atoms with E-state index in [-0.39, 0.29) is 0 Å². The Morgan fingerprint density at radius 1 is 1.03 bits per heavy atom. The molecule has 2 aromatic rings. The first-order valence-corrected chi connectivity index (χ1v) is 12.0. The molecule has 6 heteroatoms. The summed E-state index contributed by atoms with van der Waals surface area (Å²) >= 11 is 6.05. The summed E-state index contributed by atoms with van der Waals surface area (Å²) in [4.78, 5) is 26.5. The Morgan fingerprint density at radius 2 is 1.71 bits per heavy atom. The molecule has 1 aliphatic carbocycles. The van der Waals surface area contributed by atoms with Gasteiger partial charge in [0.25, 0.3) is 0 Å². The van der Waals surface area contributed by atoms with Crippen LogP contribution in [0.25, 0.3) is 0 Å². The predicted octanol–water partition coefficient (Wildman–Crippen LogP) is 4.96. The Bertz CT molecular complexity index is 900. The second-order valence-electron chi connectivity index (χ2n) is 9.02. The van der Waals surface area contributed by atoms with Gasteiger partial charge in [-0.1, -0.05) is 49.4 Å². The first-order valence-electron chi connectivity index (χ1n) is 11.6. The zero-order valence-corrected chi connectivity index (χ0v) is 19.5. The van der Waals surface area contributed by atoms with Crippen LogP contribution < -0.4 is 4.90 Å². The number of benzene rings is 1. The van der Waals surface area contributed by atoms with E-state index in [1.54, 1.807) is 0 Å². The third-order valence-electron chi connectivity index (χ3n) is 6.77. The lowest BCUT2D eigenvalue weighted by Crippen LogP contribution is -2.49. The van der Waals surface area contributed by atoms with Gasteiger partial charge in [0.2, 0.25) is 5.91 Å². The smallest absolute Gasteiger partial charge is 0.222 e. The number of hydrogen-bond acceptors (Lipinski definition) is 4. The average molecular weight is 441 g/mol. The van der Waals surface area contributed by atoms with Crippen LogP contribution in [0.4, 0.5) is 5.82 Å². The lowest BCUT2D eigenvalue weighted by atomic mass is 10.0. The molecule has 1 aliphatic heterocycles. The molecule has 4 rings (SSSR count). The van der Waals surface area contributed by atoms with Gasteiger partial charge in [-0.05, 0) is 43.9 Å². The molecule has 0 bridgehead atoms. The van der Waals surface area contributed by atoms with Gasteiger partial charge in [0.1, 0.15) is 11.6 Å². The number of aryl methyl sites for hydroxylation is 2. The number of aromatic nitrogens is 2. The molecule has 166 valence electrons. The van der Waals surface area contributed by atoms with Crippen molar-refractivity contribution < 1.29 is 4.79 Å². The van der Waals surface area contributed by atoms with Crippen LogP contribution in [0.1, 0.15) is 61.2 Å². The summed E-state index contributed by atoms with van der Waals surface area (Å²) in [5.74, 6) is 2.90. The lowest BCUT2D eigenvalue weighted by Gasteiger charge is -2.36. The highest BCUT2D eigenvalue weighted by Crippen LogP contribution is 2.29. The second-order valence-corrected chi connectivity index (χ2v) is 9.46. The third kappa shape index (κ3) is 5.57. The van der Waals surface area contributed by atoms with Crippen molar-refractivity contribution in [2.75, 3.05) is 31.1 Å². The van der Waals surface area contributed by atoms with Gasteiger partial charge < -0.3 is 9.80 Å². The lowest BCUT2D eigenvalue weighted by molar-refractivity contribution is -0.131. The SMILES string of the molecule is Cc1nc(C)c(Cc2ccc(Cl)cc2)c(N2CCN(C(=O)CCC3CCCC3)CC2)n1. The van der Waals surface area contributed by atoms with Crippen LogP contribution in [0, 0.1) is 19.8 Å². The fourth-order valence-electron chi connectivity index (χ4n) is 4.95. The second kappa shape index (κ2) is 9.99.